The molecule has 0 amide bonds. The molecule has 1 N–H and O–H groups in total. The van der Waals surface area contributed by atoms with Crippen LogP contribution in [0.3, 0.4) is 0 Å². The zero-order chi connectivity index (χ0) is 10.3. The van der Waals surface area contributed by atoms with Crippen LogP contribution in [0.1, 0.15) is 15.9 Å². The molecule has 1 aliphatic heterocycles. The van der Waals surface area contributed by atoms with Crippen molar-refractivity contribution >= 4 is 31.2 Å². The Morgan fingerprint density at radius 3 is 2.86 bits per heavy atom. The highest BCUT2D eigenvalue weighted by atomic mass is 32.2. The predicted octanol–water partition coefficient (Wildman–Crippen LogP) is 1.83. The van der Waals surface area contributed by atoms with Gasteiger partial charge in [0.25, 0.3) is 0 Å². The maximum absolute atomic E-state index is 10.8. The Kier molecular flexibility index (Phi) is 2.16. The first-order chi connectivity index (χ1) is 6.49. The van der Waals surface area contributed by atoms with Gasteiger partial charge in [0, 0.05) is 12.0 Å². The lowest BCUT2D eigenvalue weighted by atomic mass is 10.1. The Balaban J connectivity index is 2.52. The molecular formula is C9H8O3S2. The van der Waals surface area contributed by atoms with Crippen molar-refractivity contribution in [3.63, 3.8) is 0 Å². The topological polar surface area (TPSA) is 46.5 Å². The van der Waals surface area contributed by atoms with Crippen LogP contribution in [0.2, 0.25) is 0 Å². The van der Waals surface area contributed by atoms with Crippen LogP contribution < -0.4 is 4.74 Å². The van der Waals surface area contributed by atoms with Gasteiger partial charge in [-0.3, -0.25) is 0 Å². The highest BCUT2D eigenvalue weighted by Crippen LogP contribution is 2.41. The lowest BCUT2D eigenvalue weighted by Gasteiger charge is -2.15. The number of aromatic carboxylic acids is 1. The smallest absolute Gasteiger partial charge is 0.339 e. The van der Waals surface area contributed by atoms with Gasteiger partial charge in [0.15, 0.2) is 4.27 Å². The van der Waals surface area contributed by atoms with E-state index >= 15 is 0 Å². The van der Waals surface area contributed by atoms with Gasteiger partial charge in [-0.05, 0) is 6.07 Å². The van der Waals surface area contributed by atoms with E-state index in [2.05, 4.69) is 25.3 Å². The van der Waals surface area contributed by atoms with E-state index in [4.69, 9.17) is 9.84 Å². The number of ether oxygens (including phenoxy) is 1. The number of carbonyl (C=O) groups is 1. The van der Waals surface area contributed by atoms with Crippen molar-refractivity contribution in [2.24, 2.45) is 0 Å². The number of carboxylic acids is 1. The minimum atomic E-state index is -0.999. The molecule has 0 aliphatic carbocycles. The van der Waals surface area contributed by atoms with Crippen molar-refractivity contribution in [3.05, 3.63) is 29.3 Å². The van der Waals surface area contributed by atoms with Crippen molar-refractivity contribution in [2.75, 3.05) is 0 Å². The zero-order valence-corrected chi connectivity index (χ0v) is 8.89. The van der Waals surface area contributed by atoms with Crippen molar-refractivity contribution < 1.29 is 14.6 Å². The first-order valence-corrected chi connectivity index (χ1v) is 4.88. The molecule has 0 saturated carbocycles. The largest absolute Gasteiger partial charge is 0.478 e. The summed E-state index contributed by atoms with van der Waals surface area (Å²) >= 11 is 8.32. The number of fused-ring (bicyclic) bond motifs is 1. The molecule has 2 rings (SSSR count). The molecule has 0 atom stereocenters. The standard InChI is InChI=1S/C9H8O3S2/c10-8(11)6-3-1-2-5-4-9(13,14)12-7(5)6/h1-3,13-14H,4H2,(H,10,11). The van der Waals surface area contributed by atoms with Gasteiger partial charge in [-0.25, -0.2) is 4.79 Å². The Hall–Kier alpha value is -0.810. The summed E-state index contributed by atoms with van der Waals surface area (Å²) in [7, 11) is 0. The molecule has 14 heavy (non-hydrogen) atoms. The third-order valence-corrected chi connectivity index (χ3v) is 2.51. The lowest BCUT2D eigenvalue weighted by molar-refractivity contribution is 0.0692. The third-order valence-electron chi connectivity index (χ3n) is 2.01. The summed E-state index contributed by atoms with van der Waals surface area (Å²) in [4.78, 5) is 10.8. The van der Waals surface area contributed by atoms with E-state index in [1.807, 2.05) is 6.07 Å². The normalized spacial score (nSPS) is 17.3. The highest BCUT2D eigenvalue weighted by Gasteiger charge is 2.34. The second kappa shape index (κ2) is 3.10. The van der Waals surface area contributed by atoms with Crippen LogP contribution in [0.25, 0.3) is 0 Å². The van der Waals surface area contributed by atoms with E-state index < -0.39 is 10.2 Å². The molecule has 0 aromatic heterocycles. The van der Waals surface area contributed by atoms with Crippen molar-refractivity contribution in [1.29, 1.82) is 0 Å². The summed E-state index contributed by atoms with van der Waals surface area (Å²) in [5.74, 6) is -0.619. The molecular weight excluding hydrogens is 220 g/mol. The van der Waals surface area contributed by atoms with E-state index in [0.29, 0.717) is 12.2 Å². The number of hydrogen-bond donors (Lipinski definition) is 3. The predicted molar refractivity (Wildman–Crippen MR) is 58.4 cm³/mol. The molecule has 0 fully saturated rings. The number of carboxylic acid groups (broad SMARTS) is 1. The monoisotopic (exact) mass is 228 g/mol. The summed E-state index contributed by atoms with van der Waals surface area (Å²) in [5, 5.41) is 8.89. The summed E-state index contributed by atoms with van der Waals surface area (Å²) in [5.41, 5.74) is 0.988. The molecule has 0 unspecified atom stereocenters. The van der Waals surface area contributed by atoms with Crippen LogP contribution >= 0.6 is 25.3 Å². The molecule has 1 aliphatic rings. The fraction of sp³-hybridized carbons (Fsp3) is 0.222. The first-order valence-electron chi connectivity index (χ1n) is 3.98. The summed E-state index contributed by atoms with van der Waals surface area (Å²) in [6.07, 6.45) is 0.496. The maximum atomic E-state index is 10.8. The lowest BCUT2D eigenvalue weighted by Crippen LogP contribution is -2.18. The van der Waals surface area contributed by atoms with Crippen LogP contribution in [0, 0.1) is 0 Å². The van der Waals surface area contributed by atoms with Gasteiger partial charge < -0.3 is 9.84 Å². The fourth-order valence-corrected chi connectivity index (χ4v) is 1.98. The van der Waals surface area contributed by atoms with Crippen LogP contribution in [-0.4, -0.2) is 15.3 Å². The van der Waals surface area contributed by atoms with Crippen molar-refractivity contribution in [3.8, 4) is 5.75 Å². The van der Waals surface area contributed by atoms with Gasteiger partial charge >= 0.3 is 5.97 Å². The number of hydrogen-bond acceptors (Lipinski definition) is 4. The molecule has 0 saturated heterocycles. The van der Waals surface area contributed by atoms with E-state index in [-0.39, 0.29) is 5.56 Å². The molecule has 0 spiro atoms. The van der Waals surface area contributed by atoms with Gasteiger partial charge in [-0.1, -0.05) is 12.1 Å². The summed E-state index contributed by atoms with van der Waals surface area (Å²) < 4.78 is 4.44. The van der Waals surface area contributed by atoms with Gasteiger partial charge in [0.05, 0.1) is 0 Å². The second-order valence-electron chi connectivity index (χ2n) is 3.12. The number of benzene rings is 1. The Morgan fingerprint density at radius 2 is 2.21 bits per heavy atom. The van der Waals surface area contributed by atoms with Crippen molar-refractivity contribution in [2.45, 2.75) is 10.7 Å². The molecule has 0 bridgehead atoms. The molecule has 3 nitrogen and oxygen atoms in total. The van der Waals surface area contributed by atoms with Gasteiger partial charge in [0.2, 0.25) is 0 Å². The summed E-state index contributed by atoms with van der Waals surface area (Å²) in [6.45, 7) is 0. The van der Waals surface area contributed by atoms with Crippen LogP contribution in [0.5, 0.6) is 5.75 Å². The number of rotatable bonds is 1. The van der Waals surface area contributed by atoms with E-state index in [0.717, 1.165) is 5.56 Å². The molecule has 1 aromatic carbocycles. The Labute approximate surface area is 91.9 Å². The Morgan fingerprint density at radius 1 is 1.50 bits per heavy atom. The van der Waals surface area contributed by atoms with Crippen molar-refractivity contribution in [1.82, 2.24) is 0 Å². The zero-order valence-electron chi connectivity index (χ0n) is 7.10. The molecule has 1 heterocycles. The maximum Gasteiger partial charge on any atom is 0.339 e. The van der Waals surface area contributed by atoms with Gasteiger partial charge in [0.1, 0.15) is 11.3 Å². The van der Waals surface area contributed by atoms with E-state index in [1.54, 1.807) is 6.07 Å². The average molecular weight is 228 g/mol. The minimum Gasteiger partial charge on any atom is -0.478 e. The summed E-state index contributed by atoms with van der Waals surface area (Å²) in [6, 6.07) is 5.01. The second-order valence-corrected chi connectivity index (χ2v) is 4.92. The Bertz CT molecular complexity index is 401. The van der Waals surface area contributed by atoms with Gasteiger partial charge in [-0.15, -0.1) is 25.3 Å². The van der Waals surface area contributed by atoms with Crippen LogP contribution in [0.4, 0.5) is 0 Å². The quantitative estimate of drug-likeness (QED) is 0.507. The minimum absolute atomic E-state index is 0.160. The third kappa shape index (κ3) is 1.57. The molecule has 5 heteroatoms. The highest BCUT2D eigenvalue weighted by molar-refractivity contribution is 8.00. The van der Waals surface area contributed by atoms with E-state index in [1.165, 1.54) is 6.07 Å². The molecule has 74 valence electrons. The molecule has 1 aromatic rings. The SMILES string of the molecule is O=C(O)c1cccc2c1OC(S)(S)C2. The van der Waals surface area contributed by atoms with Crippen LogP contribution in [-0.2, 0) is 6.42 Å². The first kappa shape index (κ1) is 9.73. The average Bonchev–Trinajstić information content (AvgIpc) is 2.36. The number of thiol groups is 2. The fourth-order valence-electron chi connectivity index (χ4n) is 1.46. The van der Waals surface area contributed by atoms with E-state index in [9.17, 15) is 4.79 Å². The van der Waals surface area contributed by atoms with Crippen LogP contribution in [0.15, 0.2) is 18.2 Å². The molecule has 0 radical (unpaired) electrons. The number of para-hydroxylation sites is 1. The van der Waals surface area contributed by atoms with Gasteiger partial charge in [-0.2, -0.15) is 0 Å².